The smallest absolute Gasteiger partial charge is 0.195 e. The second kappa shape index (κ2) is 9.18. The maximum atomic E-state index is 13.0. The van der Waals surface area contributed by atoms with Gasteiger partial charge in [-0.3, -0.25) is 5.41 Å². The van der Waals surface area contributed by atoms with Crippen LogP contribution in [0.25, 0.3) is 0 Å². The van der Waals surface area contributed by atoms with Crippen molar-refractivity contribution in [3.8, 4) is 11.5 Å². The van der Waals surface area contributed by atoms with Crippen LogP contribution in [0.15, 0.2) is 47.8 Å². The number of hydrogen-bond acceptors (Lipinski definition) is 5. The maximum Gasteiger partial charge on any atom is 0.195 e. The number of nitrogens with zero attached hydrogens (tertiary/aromatic N) is 1. The molecule has 0 saturated carbocycles. The summed E-state index contributed by atoms with van der Waals surface area (Å²) < 4.78 is 23.7. The topological polar surface area (TPSA) is 79.3 Å². The number of benzene rings is 2. The van der Waals surface area contributed by atoms with Crippen LogP contribution in [0.4, 0.5) is 9.52 Å². The number of halogens is 1. The number of rotatable bonds is 7. The molecule has 0 atom stereocenters. The van der Waals surface area contributed by atoms with E-state index in [-0.39, 0.29) is 11.8 Å². The van der Waals surface area contributed by atoms with Crippen molar-refractivity contribution in [2.45, 2.75) is 13.0 Å². The molecular weight excluding hydrogens is 379 g/mol. The number of thiazole rings is 1. The van der Waals surface area contributed by atoms with E-state index < -0.39 is 0 Å². The summed E-state index contributed by atoms with van der Waals surface area (Å²) in [7, 11) is 3.19. The van der Waals surface area contributed by atoms with Gasteiger partial charge in [0, 0.05) is 11.8 Å². The van der Waals surface area contributed by atoms with Gasteiger partial charge in [0.15, 0.2) is 11.1 Å². The lowest BCUT2D eigenvalue weighted by Crippen LogP contribution is -2.29. The van der Waals surface area contributed by atoms with Crippen LogP contribution in [-0.4, -0.2) is 25.2 Å². The van der Waals surface area contributed by atoms with E-state index in [1.165, 1.54) is 23.5 Å². The van der Waals surface area contributed by atoms with Gasteiger partial charge in [0.2, 0.25) is 0 Å². The van der Waals surface area contributed by atoms with Crippen molar-refractivity contribution in [3.05, 3.63) is 70.5 Å². The van der Waals surface area contributed by atoms with E-state index in [1.807, 2.05) is 23.6 Å². The number of nitrogens with one attached hydrogen (secondary N) is 3. The number of hydrogen-bond donors (Lipinski definition) is 3. The summed E-state index contributed by atoms with van der Waals surface area (Å²) in [6, 6.07) is 11.9. The molecule has 3 rings (SSSR count). The average Bonchev–Trinajstić information content (AvgIpc) is 3.14. The fourth-order valence-electron chi connectivity index (χ4n) is 2.69. The van der Waals surface area contributed by atoms with Crippen LogP contribution < -0.4 is 20.1 Å². The van der Waals surface area contributed by atoms with E-state index >= 15 is 0 Å². The molecule has 6 nitrogen and oxygen atoms in total. The lowest BCUT2D eigenvalue weighted by Gasteiger charge is -2.14. The SMILES string of the molecule is COc1cccc(OC)c1CNC(=N)Nc1nc(Cc2ccc(F)cc2)cs1. The van der Waals surface area contributed by atoms with Crippen LogP contribution in [0, 0.1) is 11.2 Å². The van der Waals surface area contributed by atoms with Gasteiger partial charge in [-0.2, -0.15) is 0 Å². The second-order valence-corrected chi connectivity index (χ2v) is 6.80. The minimum Gasteiger partial charge on any atom is -0.496 e. The lowest BCUT2D eigenvalue weighted by atomic mass is 10.1. The summed E-state index contributed by atoms with van der Waals surface area (Å²) in [4.78, 5) is 4.47. The molecule has 3 N–H and O–H groups in total. The van der Waals surface area contributed by atoms with Gasteiger partial charge in [-0.1, -0.05) is 18.2 Å². The zero-order valence-corrected chi connectivity index (χ0v) is 16.4. The molecule has 0 unspecified atom stereocenters. The van der Waals surface area contributed by atoms with Gasteiger partial charge in [-0.05, 0) is 29.8 Å². The molecule has 0 aliphatic rings. The first-order valence-corrected chi connectivity index (χ1v) is 9.45. The van der Waals surface area contributed by atoms with E-state index in [9.17, 15) is 4.39 Å². The van der Waals surface area contributed by atoms with Crippen molar-refractivity contribution in [1.82, 2.24) is 10.3 Å². The van der Waals surface area contributed by atoms with Gasteiger partial charge in [-0.25, -0.2) is 9.37 Å². The van der Waals surface area contributed by atoms with E-state index in [4.69, 9.17) is 14.9 Å². The highest BCUT2D eigenvalue weighted by Gasteiger charge is 2.11. The molecule has 2 aromatic carbocycles. The molecule has 0 bridgehead atoms. The zero-order valence-electron chi connectivity index (χ0n) is 15.6. The van der Waals surface area contributed by atoms with Crippen molar-refractivity contribution in [2.24, 2.45) is 0 Å². The van der Waals surface area contributed by atoms with Crippen molar-refractivity contribution in [2.75, 3.05) is 19.5 Å². The first kappa shape index (κ1) is 19.6. The van der Waals surface area contributed by atoms with Crippen molar-refractivity contribution in [3.63, 3.8) is 0 Å². The monoisotopic (exact) mass is 400 g/mol. The van der Waals surface area contributed by atoms with E-state index in [0.29, 0.717) is 29.6 Å². The molecule has 0 saturated heterocycles. The molecule has 0 fully saturated rings. The van der Waals surface area contributed by atoms with Crippen LogP contribution in [-0.2, 0) is 13.0 Å². The number of methoxy groups -OCH3 is 2. The summed E-state index contributed by atoms with van der Waals surface area (Å²) in [5.41, 5.74) is 2.67. The predicted molar refractivity (Wildman–Crippen MR) is 109 cm³/mol. The highest BCUT2D eigenvalue weighted by molar-refractivity contribution is 7.13. The summed E-state index contributed by atoms with van der Waals surface area (Å²) in [5.74, 6) is 1.25. The number of aromatic nitrogens is 1. The molecule has 146 valence electrons. The van der Waals surface area contributed by atoms with Crippen LogP contribution >= 0.6 is 11.3 Å². The summed E-state index contributed by atoms with van der Waals surface area (Å²) in [6.07, 6.45) is 0.609. The fourth-order valence-corrected chi connectivity index (χ4v) is 3.40. The third kappa shape index (κ3) is 4.98. The van der Waals surface area contributed by atoms with Gasteiger partial charge < -0.3 is 20.1 Å². The van der Waals surface area contributed by atoms with Crippen LogP contribution in [0.1, 0.15) is 16.8 Å². The van der Waals surface area contributed by atoms with Crippen LogP contribution in [0.5, 0.6) is 11.5 Å². The fraction of sp³-hybridized carbons (Fsp3) is 0.200. The summed E-state index contributed by atoms with van der Waals surface area (Å²) >= 11 is 1.41. The highest BCUT2D eigenvalue weighted by Crippen LogP contribution is 2.28. The Kier molecular flexibility index (Phi) is 6.44. The molecule has 8 heteroatoms. The molecule has 0 aliphatic heterocycles. The molecule has 1 aromatic heterocycles. The summed E-state index contributed by atoms with van der Waals surface area (Å²) in [5, 5.41) is 16.6. The van der Waals surface area contributed by atoms with Gasteiger partial charge in [0.25, 0.3) is 0 Å². The second-order valence-electron chi connectivity index (χ2n) is 5.94. The van der Waals surface area contributed by atoms with Gasteiger partial charge >= 0.3 is 0 Å². The van der Waals surface area contributed by atoms with Crippen molar-refractivity contribution >= 4 is 22.4 Å². The van der Waals surface area contributed by atoms with Crippen LogP contribution in [0.3, 0.4) is 0 Å². The molecule has 0 amide bonds. The standard InChI is InChI=1S/C20H21FN4O2S/c1-26-17-4-3-5-18(27-2)16(17)11-23-19(22)25-20-24-15(12-28-20)10-13-6-8-14(21)9-7-13/h3-9,12H,10-11H2,1-2H3,(H3,22,23,24,25). The normalized spacial score (nSPS) is 10.4. The average molecular weight is 400 g/mol. The number of ether oxygens (including phenoxy) is 2. The third-order valence-electron chi connectivity index (χ3n) is 4.05. The van der Waals surface area contributed by atoms with E-state index in [1.54, 1.807) is 26.4 Å². The minimum atomic E-state index is -0.254. The highest BCUT2D eigenvalue weighted by atomic mass is 32.1. The van der Waals surface area contributed by atoms with E-state index in [2.05, 4.69) is 15.6 Å². The Balaban J connectivity index is 1.57. The Morgan fingerprint density at radius 1 is 1.11 bits per heavy atom. The van der Waals surface area contributed by atoms with Gasteiger partial charge in [0.1, 0.15) is 17.3 Å². The Labute approximate surface area is 166 Å². The molecule has 28 heavy (non-hydrogen) atoms. The number of anilines is 1. The molecule has 0 aliphatic carbocycles. The largest absolute Gasteiger partial charge is 0.496 e. The van der Waals surface area contributed by atoms with Crippen LogP contribution in [0.2, 0.25) is 0 Å². The van der Waals surface area contributed by atoms with Gasteiger partial charge in [0.05, 0.1) is 32.0 Å². The molecular formula is C20H21FN4O2S. The third-order valence-corrected chi connectivity index (χ3v) is 4.86. The zero-order chi connectivity index (χ0) is 19.9. The van der Waals surface area contributed by atoms with Gasteiger partial charge in [-0.15, -0.1) is 11.3 Å². The Morgan fingerprint density at radius 2 is 1.79 bits per heavy atom. The Bertz CT molecular complexity index is 921. The molecule has 3 aromatic rings. The molecule has 0 radical (unpaired) electrons. The maximum absolute atomic E-state index is 13.0. The molecule has 0 spiro atoms. The number of guanidine groups is 1. The molecule has 1 heterocycles. The first-order valence-electron chi connectivity index (χ1n) is 8.57. The Morgan fingerprint density at radius 3 is 2.43 bits per heavy atom. The van der Waals surface area contributed by atoms with Crippen molar-refractivity contribution < 1.29 is 13.9 Å². The lowest BCUT2D eigenvalue weighted by molar-refractivity contribution is 0.384. The Hall–Kier alpha value is -3.13. The quantitative estimate of drug-likeness (QED) is 0.412. The van der Waals surface area contributed by atoms with Crippen molar-refractivity contribution in [1.29, 1.82) is 5.41 Å². The predicted octanol–water partition coefficient (Wildman–Crippen LogP) is 4.03. The minimum absolute atomic E-state index is 0.121. The first-order chi connectivity index (χ1) is 13.6. The van der Waals surface area contributed by atoms with E-state index in [0.717, 1.165) is 16.8 Å². The summed E-state index contributed by atoms with van der Waals surface area (Å²) in [6.45, 7) is 0.368.